The maximum absolute atomic E-state index is 14.1. The first-order chi connectivity index (χ1) is 19.3. The standard InChI is InChI=1S/C30H28F2N6O2/c1-18-3-2-6-36(13-18)17-23-9-26-20(10-33)14-38(30(40)28(26)35-23)24-7-19(11-34-12-24)25-5-4-21(31)8-27(25)29(39)37-15-22(32)16-37/h4-5,7-9,11-12,14,18,22,35H,2-3,6,13,15-17H2,1H3/t18-/m0/s1. The van der Waals surface area contributed by atoms with Crippen molar-refractivity contribution in [1.29, 1.82) is 5.26 Å². The molecule has 40 heavy (non-hydrogen) atoms. The molecule has 2 aliphatic heterocycles. The molecular formula is C30H28F2N6O2. The number of nitrogens with zero attached hydrogens (tertiary/aromatic N) is 5. The number of piperidine rings is 1. The zero-order chi connectivity index (χ0) is 28.0. The monoisotopic (exact) mass is 542 g/mol. The maximum atomic E-state index is 14.1. The van der Waals surface area contributed by atoms with Crippen LogP contribution in [-0.2, 0) is 6.54 Å². The van der Waals surface area contributed by atoms with E-state index in [4.69, 9.17) is 0 Å². The fraction of sp³-hybridized carbons (Fsp3) is 0.333. The molecule has 5 heterocycles. The molecule has 0 unspecified atom stereocenters. The second-order valence-electron chi connectivity index (χ2n) is 10.8. The molecule has 0 radical (unpaired) electrons. The number of aromatic amines is 1. The van der Waals surface area contributed by atoms with Crippen LogP contribution in [0.3, 0.4) is 0 Å². The van der Waals surface area contributed by atoms with E-state index < -0.39 is 17.9 Å². The first kappa shape index (κ1) is 25.9. The Kier molecular flexibility index (Phi) is 6.68. The van der Waals surface area contributed by atoms with Crippen molar-refractivity contribution >= 4 is 16.8 Å². The number of likely N-dealkylation sites (tertiary alicyclic amines) is 2. The Bertz CT molecular complexity index is 1720. The molecule has 8 nitrogen and oxygen atoms in total. The van der Waals surface area contributed by atoms with Crippen molar-refractivity contribution < 1.29 is 13.6 Å². The predicted octanol–water partition coefficient (Wildman–Crippen LogP) is 4.42. The van der Waals surface area contributed by atoms with Crippen LogP contribution in [-0.4, -0.2) is 62.6 Å². The number of H-pyrrole nitrogens is 1. The molecule has 1 N–H and O–H groups in total. The van der Waals surface area contributed by atoms with Crippen molar-refractivity contribution in [1.82, 2.24) is 24.3 Å². The van der Waals surface area contributed by atoms with E-state index in [1.54, 1.807) is 6.07 Å². The predicted molar refractivity (Wildman–Crippen MR) is 146 cm³/mol. The van der Waals surface area contributed by atoms with E-state index in [0.717, 1.165) is 31.3 Å². The van der Waals surface area contributed by atoms with Gasteiger partial charge in [0.2, 0.25) is 0 Å². The number of benzene rings is 1. The van der Waals surface area contributed by atoms with Crippen LogP contribution in [0.15, 0.2) is 53.7 Å². The van der Waals surface area contributed by atoms with Gasteiger partial charge in [-0.05, 0) is 55.1 Å². The molecule has 204 valence electrons. The quantitative estimate of drug-likeness (QED) is 0.403. The highest BCUT2D eigenvalue weighted by Crippen LogP contribution is 2.29. The number of alkyl halides is 1. The number of nitrogens with one attached hydrogen (secondary N) is 1. The lowest BCUT2D eigenvalue weighted by Crippen LogP contribution is -2.51. The molecule has 0 spiro atoms. The number of nitriles is 1. The zero-order valence-electron chi connectivity index (χ0n) is 22.0. The zero-order valence-corrected chi connectivity index (χ0v) is 22.0. The van der Waals surface area contributed by atoms with Crippen molar-refractivity contribution in [3.8, 4) is 22.9 Å². The molecule has 3 aromatic heterocycles. The molecular weight excluding hydrogens is 514 g/mol. The number of carbonyl (C=O) groups is 1. The number of rotatable bonds is 5. The molecule has 1 atom stereocenters. The molecule has 0 saturated carbocycles. The molecule has 0 aliphatic carbocycles. The molecule has 10 heteroatoms. The normalized spacial score (nSPS) is 18.1. The summed E-state index contributed by atoms with van der Waals surface area (Å²) in [5.41, 5.74) is 2.58. The molecule has 1 amide bonds. The van der Waals surface area contributed by atoms with Crippen LogP contribution in [0.2, 0.25) is 0 Å². The number of aromatic nitrogens is 3. The number of hydrogen-bond acceptors (Lipinski definition) is 5. The van der Waals surface area contributed by atoms with E-state index >= 15 is 0 Å². The lowest BCUT2D eigenvalue weighted by Gasteiger charge is -2.34. The molecule has 6 rings (SSSR count). The SMILES string of the molecule is C[C@H]1CCCN(Cc2cc3c(C#N)cn(-c4cncc(-c5ccc(F)cc5C(=O)N5CC(F)C5)c4)c(=O)c3[nH]2)C1. The van der Waals surface area contributed by atoms with Crippen molar-refractivity contribution in [3.05, 3.63) is 81.9 Å². The average molecular weight is 543 g/mol. The van der Waals surface area contributed by atoms with Crippen molar-refractivity contribution in [2.24, 2.45) is 5.92 Å². The van der Waals surface area contributed by atoms with Crippen molar-refractivity contribution in [2.75, 3.05) is 26.2 Å². The Morgan fingerprint density at radius 1 is 1.20 bits per heavy atom. The summed E-state index contributed by atoms with van der Waals surface area (Å²) in [6.45, 7) is 4.82. The number of fused-ring (bicyclic) bond motifs is 1. The molecule has 1 aromatic carbocycles. The Labute approximate surface area is 229 Å². The van der Waals surface area contributed by atoms with Crippen LogP contribution < -0.4 is 5.56 Å². The van der Waals surface area contributed by atoms with Gasteiger partial charge in [0.05, 0.1) is 36.1 Å². The highest BCUT2D eigenvalue weighted by atomic mass is 19.1. The fourth-order valence-electron chi connectivity index (χ4n) is 5.72. The van der Waals surface area contributed by atoms with Crippen molar-refractivity contribution in [3.63, 3.8) is 0 Å². The van der Waals surface area contributed by atoms with Gasteiger partial charge < -0.3 is 9.88 Å². The fourth-order valence-corrected chi connectivity index (χ4v) is 5.72. The van der Waals surface area contributed by atoms with Crippen LogP contribution in [0.5, 0.6) is 0 Å². The molecule has 2 fully saturated rings. The third-order valence-corrected chi connectivity index (χ3v) is 7.76. The van der Waals surface area contributed by atoms with Gasteiger partial charge in [-0.2, -0.15) is 5.26 Å². The van der Waals surface area contributed by atoms with Gasteiger partial charge in [-0.1, -0.05) is 13.0 Å². The third-order valence-electron chi connectivity index (χ3n) is 7.76. The van der Waals surface area contributed by atoms with E-state index in [2.05, 4.69) is 27.9 Å². The minimum atomic E-state index is -1.08. The number of carbonyl (C=O) groups excluding carboxylic acids is 1. The lowest BCUT2D eigenvalue weighted by molar-refractivity contribution is 0.0400. The topological polar surface area (TPSA) is 98.0 Å². The summed E-state index contributed by atoms with van der Waals surface area (Å²) in [5.74, 6) is -0.440. The number of amides is 1. The summed E-state index contributed by atoms with van der Waals surface area (Å²) >= 11 is 0. The van der Waals surface area contributed by atoms with Gasteiger partial charge in [-0.3, -0.25) is 24.0 Å². The van der Waals surface area contributed by atoms with Gasteiger partial charge in [0.15, 0.2) is 0 Å². The van der Waals surface area contributed by atoms with E-state index in [9.17, 15) is 23.6 Å². The Morgan fingerprint density at radius 3 is 2.77 bits per heavy atom. The van der Waals surface area contributed by atoms with E-state index in [1.165, 1.54) is 46.6 Å². The molecule has 2 aliphatic rings. The highest BCUT2D eigenvalue weighted by Gasteiger charge is 2.32. The van der Waals surface area contributed by atoms with Crippen LogP contribution in [0.1, 0.15) is 41.4 Å². The van der Waals surface area contributed by atoms with Gasteiger partial charge in [-0.15, -0.1) is 0 Å². The number of pyridine rings is 2. The maximum Gasteiger partial charge on any atom is 0.279 e. The van der Waals surface area contributed by atoms with Gasteiger partial charge >= 0.3 is 0 Å². The van der Waals surface area contributed by atoms with Gasteiger partial charge in [0.1, 0.15) is 23.6 Å². The van der Waals surface area contributed by atoms with E-state index in [0.29, 0.717) is 45.7 Å². The summed E-state index contributed by atoms with van der Waals surface area (Å²) in [7, 11) is 0. The van der Waals surface area contributed by atoms with E-state index in [-0.39, 0.29) is 24.2 Å². The van der Waals surface area contributed by atoms with Crippen LogP contribution in [0.25, 0.3) is 27.7 Å². The summed E-state index contributed by atoms with van der Waals surface area (Å²) in [6.07, 6.45) is 5.76. The molecule has 4 aromatic rings. The summed E-state index contributed by atoms with van der Waals surface area (Å²) in [6, 6.07) is 9.59. The lowest BCUT2D eigenvalue weighted by atomic mass is 9.98. The first-order valence-electron chi connectivity index (χ1n) is 13.4. The number of hydrogen-bond donors (Lipinski definition) is 1. The van der Waals surface area contributed by atoms with Gasteiger partial charge in [0, 0.05) is 42.1 Å². The smallest absolute Gasteiger partial charge is 0.279 e. The second kappa shape index (κ2) is 10.3. The minimum Gasteiger partial charge on any atom is -0.353 e. The van der Waals surface area contributed by atoms with Crippen LogP contribution in [0.4, 0.5) is 8.78 Å². The Morgan fingerprint density at radius 2 is 2.02 bits per heavy atom. The summed E-state index contributed by atoms with van der Waals surface area (Å²) in [5, 5.41) is 10.5. The van der Waals surface area contributed by atoms with Gasteiger partial charge in [0.25, 0.3) is 11.5 Å². The van der Waals surface area contributed by atoms with Gasteiger partial charge in [-0.25, -0.2) is 8.78 Å². The molecule has 0 bridgehead atoms. The van der Waals surface area contributed by atoms with Crippen LogP contribution >= 0.6 is 0 Å². The largest absolute Gasteiger partial charge is 0.353 e. The summed E-state index contributed by atoms with van der Waals surface area (Å²) in [4.78, 5) is 37.8. The highest BCUT2D eigenvalue weighted by molar-refractivity contribution is 6.01. The average Bonchev–Trinajstić information content (AvgIpc) is 3.35. The summed E-state index contributed by atoms with van der Waals surface area (Å²) < 4.78 is 28.9. The first-order valence-corrected chi connectivity index (χ1v) is 13.4. The number of halogens is 2. The Balaban J connectivity index is 1.38. The molecule has 2 saturated heterocycles. The van der Waals surface area contributed by atoms with Crippen LogP contribution in [0, 0.1) is 23.1 Å². The second-order valence-corrected chi connectivity index (χ2v) is 10.8. The Hall–Kier alpha value is -4.36. The third kappa shape index (κ3) is 4.77. The van der Waals surface area contributed by atoms with E-state index in [1.807, 2.05) is 6.07 Å². The minimum absolute atomic E-state index is 0.0334. The van der Waals surface area contributed by atoms with Crippen molar-refractivity contribution in [2.45, 2.75) is 32.5 Å².